The Labute approximate surface area is 118 Å². The predicted molar refractivity (Wildman–Crippen MR) is 79.3 cm³/mol. The summed E-state index contributed by atoms with van der Waals surface area (Å²) < 4.78 is 2.21. The molecule has 0 saturated carbocycles. The molecular formula is C15H21N3S. The third-order valence-corrected chi connectivity index (χ3v) is 4.79. The average Bonchev–Trinajstić information content (AvgIpc) is 3.02. The molecule has 3 heterocycles. The van der Waals surface area contributed by atoms with E-state index in [0.29, 0.717) is 0 Å². The molecule has 1 unspecified atom stereocenters. The Balaban J connectivity index is 1.55. The first kappa shape index (κ1) is 12.9. The Morgan fingerprint density at radius 3 is 3.11 bits per heavy atom. The number of piperidine rings is 1. The van der Waals surface area contributed by atoms with Crippen LogP contribution in [0.15, 0.2) is 30.9 Å². The lowest BCUT2D eigenvalue weighted by atomic mass is 9.98. The van der Waals surface area contributed by atoms with E-state index in [1.54, 1.807) is 0 Å². The first-order valence-electron chi connectivity index (χ1n) is 7.03. The van der Waals surface area contributed by atoms with E-state index in [2.05, 4.69) is 39.7 Å². The summed E-state index contributed by atoms with van der Waals surface area (Å²) in [5.74, 6) is 0.768. The number of hydrogen-bond donors (Lipinski definition) is 0. The number of aromatic nitrogens is 2. The van der Waals surface area contributed by atoms with Crippen molar-refractivity contribution in [3.8, 4) is 0 Å². The summed E-state index contributed by atoms with van der Waals surface area (Å²) in [6.45, 7) is 6.89. The van der Waals surface area contributed by atoms with Crippen molar-refractivity contribution in [1.82, 2.24) is 14.5 Å². The standard InChI is InChI=1S/C15H21N3S/c1-13-4-5-15(19-13)11-17-7-2-3-14(9-17)10-18-8-6-16-12-18/h4-6,8,12,14H,2-3,7,9-11H2,1H3. The third-order valence-electron chi connectivity index (χ3n) is 3.81. The number of imidazole rings is 1. The lowest BCUT2D eigenvalue weighted by molar-refractivity contribution is 0.157. The minimum Gasteiger partial charge on any atom is -0.337 e. The van der Waals surface area contributed by atoms with Crippen LogP contribution in [0.5, 0.6) is 0 Å². The first-order valence-corrected chi connectivity index (χ1v) is 7.84. The van der Waals surface area contributed by atoms with Gasteiger partial charge in [-0.05, 0) is 44.4 Å². The molecule has 2 aromatic rings. The van der Waals surface area contributed by atoms with Crippen molar-refractivity contribution in [3.05, 3.63) is 40.6 Å². The van der Waals surface area contributed by atoms with E-state index < -0.39 is 0 Å². The van der Waals surface area contributed by atoms with Crippen LogP contribution in [0.2, 0.25) is 0 Å². The molecule has 3 rings (SSSR count). The van der Waals surface area contributed by atoms with Gasteiger partial charge >= 0.3 is 0 Å². The van der Waals surface area contributed by atoms with Crippen molar-refractivity contribution in [1.29, 1.82) is 0 Å². The molecule has 1 saturated heterocycles. The van der Waals surface area contributed by atoms with Crippen molar-refractivity contribution in [3.63, 3.8) is 0 Å². The second kappa shape index (κ2) is 5.88. The van der Waals surface area contributed by atoms with E-state index in [1.165, 1.54) is 35.7 Å². The van der Waals surface area contributed by atoms with Gasteiger partial charge in [0.15, 0.2) is 0 Å². The number of rotatable bonds is 4. The van der Waals surface area contributed by atoms with Gasteiger partial charge in [-0.15, -0.1) is 11.3 Å². The van der Waals surface area contributed by atoms with Crippen LogP contribution >= 0.6 is 11.3 Å². The second-order valence-corrected chi connectivity index (χ2v) is 6.89. The molecule has 1 fully saturated rings. The molecule has 0 amide bonds. The van der Waals surface area contributed by atoms with Crippen LogP contribution in [-0.2, 0) is 13.1 Å². The number of thiophene rings is 1. The van der Waals surface area contributed by atoms with E-state index >= 15 is 0 Å². The summed E-state index contributed by atoms with van der Waals surface area (Å²) >= 11 is 1.93. The molecule has 0 aliphatic carbocycles. The summed E-state index contributed by atoms with van der Waals surface area (Å²) in [6.07, 6.45) is 8.54. The van der Waals surface area contributed by atoms with Crippen LogP contribution < -0.4 is 0 Å². The van der Waals surface area contributed by atoms with Crippen molar-refractivity contribution >= 4 is 11.3 Å². The molecule has 0 aromatic carbocycles. The molecule has 0 bridgehead atoms. The van der Waals surface area contributed by atoms with Crippen molar-refractivity contribution in [2.24, 2.45) is 5.92 Å². The van der Waals surface area contributed by atoms with E-state index in [1.807, 2.05) is 23.9 Å². The van der Waals surface area contributed by atoms with Gasteiger partial charge in [-0.1, -0.05) is 0 Å². The van der Waals surface area contributed by atoms with Gasteiger partial charge < -0.3 is 4.57 Å². The van der Waals surface area contributed by atoms with Crippen molar-refractivity contribution < 1.29 is 0 Å². The van der Waals surface area contributed by atoms with Crippen molar-refractivity contribution in [2.45, 2.75) is 32.9 Å². The summed E-state index contributed by atoms with van der Waals surface area (Å²) in [6, 6.07) is 4.51. The van der Waals surface area contributed by atoms with Gasteiger partial charge in [0.05, 0.1) is 6.33 Å². The molecule has 3 nitrogen and oxygen atoms in total. The predicted octanol–water partition coefficient (Wildman–Crippen LogP) is 3.17. The molecule has 19 heavy (non-hydrogen) atoms. The largest absolute Gasteiger partial charge is 0.337 e. The lowest BCUT2D eigenvalue weighted by Gasteiger charge is -2.32. The molecule has 1 aliphatic rings. The van der Waals surface area contributed by atoms with Crippen molar-refractivity contribution in [2.75, 3.05) is 13.1 Å². The van der Waals surface area contributed by atoms with Gasteiger partial charge in [-0.25, -0.2) is 4.98 Å². The maximum Gasteiger partial charge on any atom is 0.0946 e. The van der Waals surface area contributed by atoms with Gasteiger partial charge in [0.2, 0.25) is 0 Å². The number of likely N-dealkylation sites (tertiary alicyclic amines) is 1. The summed E-state index contributed by atoms with van der Waals surface area (Å²) in [5, 5.41) is 0. The fourth-order valence-corrected chi connectivity index (χ4v) is 3.86. The Hall–Kier alpha value is -1.13. The molecule has 1 aliphatic heterocycles. The quantitative estimate of drug-likeness (QED) is 0.854. The second-order valence-electron chi connectivity index (χ2n) is 5.52. The number of aryl methyl sites for hydroxylation is 1. The van der Waals surface area contributed by atoms with E-state index in [-0.39, 0.29) is 0 Å². The van der Waals surface area contributed by atoms with Crippen LogP contribution in [0.25, 0.3) is 0 Å². The molecule has 2 aromatic heterocycles. The van der Waals surface area contributed by atoms with Crippen LogP contribution in [0.4, 0.5) is 0 Å². The monoisotopic (exact) mass is 275 g/mol. The zero-order chi connectivity index (χ0) is 13.1. The smallest absolute Gasteiger partial charge is 0.0946 e. The number of hydrogen-bond acceptors (Lipinski definition) is 3. The van der Waals surface area contributed by atoms with E-state index in [9.17, 15) is 0 Å². The molecule has 1 atom stereocenters. The molecule has 0 spiro atoms. The fraction of sp³-hybridized carbons (Fsp3) is 0.533. The highest BCUT2D eigenvalue weighted by Gasteiger charge is 2.20. The lowest BCUT2D eigenvalue weighted by Crippen LogP contribution is -2.36. The minimum absolute atomic E-state index is 0.768. The molecule has 4 heteroatoms. The Morgan fingerprint density at radius 2 is 2.37 bits per heavy atom. The zero-order valence-corrected chi connectivity index (χ0v) is 12.3. The van der Waals surface area contributed by atoms with E-state index in [4.69, 9.17) is 0 Å². The Kier molecular flexibility index (Phi) is 3.99. The molecular weight excluding hydrogens is 254 g/mol. The van der Waals surface area contributed by atoms with Crippen LogP contribution in [-0.4, -0.2) is 27.5 Å². The first-order chi connectivity index (χ1) is 9.29. The molecule has 0 N–H and O–H groups in total. The topological polar surface area (TPSA) is 21.1 Å². The van der Waals surface area contributed by atoms with Crippen LogP contribution in [0.3, 0.4) is 0 Å². The highest BCUT2D eigenvalue weighted by Crippen LogP contribution is 2.23. The molecule has 102 valence electrons. The Bertz CT molecular complexity index is 503. The van der Waals surface area contributed by atoms with Gasteiger partial charge in [-0.2, -0.15) is 0 Å². The maximum absolute atomic E-state index is 4.13. The summed E-state index contributed by atoms with van der Waals surface area (Å²) in [5.41, 5.74) is 0. The SMILES string of the molecule is Cc1ccc(CN2CCCC(Cn3ccnc3)C2)s1. The molecule has 0 radical (unpaired) electrons. The van der Waals surface area contributed by atoms with Gasteiger partial charge in [0, 0.05) is 41.8 Å². The van der Waals surface area contributed by atoms with Gasteiger partial charge in [0.1, 0.15) is 0 Å². The fourth-order valence-electron chi connectivity index (χ4n) is 2.93. The highest BCUT2D eigenvalue weighted by molar-refractivity contribution is 7.11. The zero-order valence-electron chi connectivity index (χ0n) is 11.5. The Morgan fingerprint density at radius 1 is 1.42 bits per heavy atom. The summed E-state index contributed by atoms with van der Waals surface area (Å²) in [7, 11) is 0. The maximum atomic E-state index is 4.13. The normalized spacial score (nSPS) is 20.8. The average molecular weight is 275 g/mol. The highest BCUT2D eigenvalue weighted by atomic mass is 32.1. The third kappa shape index (κ3) is 3.45. The van der Waals surface area contributed by atoms with Crippen LogP contribution in [0, 0.1) is 12.8 Å². The van der Waals surface area contributed by atoms with Crippen LogP contribution in [0.1, 0.15) is 22.6 Å². The van der Waals surface area contributed by atoms with Gasteiger partial charge in [-0.3, -0.25) is 4.90 Å². The number of nitrogens with zero attached hydrogens (tertiary/aromatic N) is 3. The minimum atomic E-state index is 0.768. The van der Waals surface area contributed by atoms with E-state index in [0.717, 1.165) is 19.0 Å². The summed E-state index contributed by atoms with van der Waals surface area (Å²) in [4.78, 5) is 9.65. The van der Waals surface area contributed by atoms with Gasteiger partial charge in [0.25, 0.3) is 0 Å².